The first-order valence-electron chi connectivity index (χ1n) is 13.4. The number of para-hydroxylation sites is 2. The van der Waals surface area contributed by atoms with Gasteiger partial charge in [-0.05, 0) is 60.4 Å². The zero-order valence-corrected chi connectivity index (χ0v) is 23.6. The van der Waals surface area contributed by atoms with Gasteiger partial charge in [-0.2, -0.15) is 0 Å². The minimum atomic E-state index is -4.87. The Morgan fingerprint density at radius 1 is 1.02 bits per heavy atom. The van der Waals surface area contributed by atoms with Crippen molar-refractivity contribution in [3.63, 3.8) is 0 Å². The lowest BCUT2D eigenvalue weighted by Crippen LogP contribution is -2.66. The van der Waals surface area contributed by atoms with E-state index < -0.39 is 40.2 Å². The highest BCUT2D eigenvalue weighted by molar-refractivity contribution is 7.91. The Hall–Kier alpha value is -3.65. The minimum Gasteiger partial charge on any atom is -0.406 e. The molecule has 3 aromatic carbocycles. The summed E-state index contributed by atoms with van der Waals surface area (Å²) in [5, 5.41) is 11.9. The maximum Gasteiger partial charge on any atom is 0.573 e. The number of carbonyl (C=O) groups excluding carboxylic acids is 1. The van der Waals surface area contributed by atoms with Crippen LogP contribution >= 0.6 is 0 Å². The summed E-state index contributed by atoms with van der Waals surface area (Å²) in [5.74, 6) is -0.816. The van der Waals surface area contributed by atoms with E-state index in [2.05, 4.69) is 13.8 Å². The summed E-state index contributed by atoms with van der Waals surface area (Å²) in [6.07, 6.45) is -4.44. The number of aryl methyl sites for hydroxylation is 2. The molecule has 0 radical (unpaired) electrons. The Bertz CT molecular complexity index is 1510. The molecule has 0 bridgehead atoms. The summed E-state index contributed by atoms with van der Waals surface area (Å²) in [6, 6.07) is 18.7. The predicted molar refractivity (Wildman–Crippen MR) is 153 cm³/mol. The second kappa shape index (κ2) is 11.9. The molecule has 9 nitrogen and oxygen atoms in total. The molecule has 4 atom stereocenters. The molecule has 5 rings (SSSR count). The van der Waals surface area contributed by atoms with Crippen molar-refractivity contribution in [2.45, 2.75) is 42.3 Å². The molecule has 1 fully saturated rings. The number of nitrogens with two attached hydrogens (primary N) is 1. The topological polar surface area (TPSA) is 120 Å². The van der Waals surface area contributed by atoms with Crippen molar-refractivity contribution >= 4 is 27.2 Å². The fourth-order valence-electron chi connectivity index (χ4n) is 5.62. The summed E-state index contributed by atoms with van der Waals surface area (Å²) < 4.78 is 62.9. The highest BCUT2D eigenvalue weighted by atomic mass is 32.2. The van der Waals surface area contributed by atoms with Gasteiger partial charge in [0.15, 0.2) is 0 Å². The van der Waals surface area contributed by atoms with Crippen LogP contribution in [0.15, 0.2) is 82.1 Å². The van der Waals surface area contributed by atoms with E-state index >= 15 is 0 Å². The van der Waals surface area contributed by atoms with Crippen molar-refractivity contribution in [1.29, 1.82) is 0 Å². The van der Waals surface area contributed by atoms with Crippen LogP contribution in [-0.2, 0) is 27.6 Å². The van der Waals surface area contributed by atoms with Gasteiger partial charge >= 0.3 is 6.36 Å². The van der Waals surface area contributed by atoms with Gasteiger partial charge in [0.1, 0.15) is 15.7 Å². The molecule has 1 saturated heterocycles. The Kier molecular flexibility index (Phi) is 8.46. The van der Waals surface area contributed by atoms with Crippen molar-refractivity contribution in [1.82, 2.24) is 9.62 Å². The summed E-state index contributed by atoms with van der Waals surface area (Å²) >= 11 is 0. The van der Waals surface area contributed by atoms with Gasteiger partial charge < -0.3 is 25.4 Å². The number of anilines is 2. The summed E-state index contributed by atoms with van der Waals surface area (Å²) in [4.78, 5) is 16.6. The molecule has 2 aliphatic rings. The highest BCUT2D eigenvalue weighted by Crippen LogP contribution is 2.39. The van der Waals surface area contributed by atoms with Gasteiger partial charge in [0.25, 0.3) is 0 Å². The van der Waals surface area contributed by atoms with E-state index in [-0.39, 0.29) is 30.4 Å². The van der Waals surface area contributed by atoms with Crippen LogP contribution in [0, 0.1) is 0 Å². The Morgan fingerprint density at radius 3 is 2.12 bits per heavy atom. The van der Waals surface area contributed by atoms with E-state index in [1.165, 1.54) is 24.1 Å². The number of alkyl halides is 3. The molecule has 0 spiro atoms. The number of benzene rings is 3. The molecule has 224 valence electrons. The third kappa shape index (κ3) is 6.09. The second-order valence-corrected chi connectivity index (χ2v) is 12.3. The fourth-order valence-corrected chi connectivity index (χ4v) is 7.21. The van der Waals surface area contributed by atoms with Crippen LogP contribution in [0.3, 0.4) is 0 Å². The molecular weight excluding hydrogens is 571 g/mol. The van der Waals surface area contributed by atoms with Crippen LogP contribution in [0.2, 0.25) is 0 Å². The Labute approximate surface area is 242 Å². The number of fused-ring (bicyclic) bond motifs is 2. The van der Waals surface area contributed by atoms with Crippen molar-refractivity contribution in [3.8, 4) is 5.75 Å². The molecule has 0 aromatic heterocycles. The molecular formula is C29H32F3N5O4S. The Morgan fingerprint density at radius 2 is 1.60 bits per heavy atom. The van der Waals surface area contributed by atoms with Gasteiger partial charge in [-0.3, -0.25) is 4.79 Å². The maximum atomic E-state index is 14.1. The van der Waals surface area contributed by atoms with Crippen molar-refractivity contribution in [2.24, 2.45) is 10.1 Å². The lowest BCUT2D eigenvalue weighted by Gasteiger charge is -2.47. The molecule has 42 heavy (non-hydrogen) atoms. The average Bonchev–Trinajstić information content (AvgIpc) is 3.14. The standard InChI is InChI=1S/C29H32F3N5O4S/c1-34-42(40,22-14-12-21(13-15-22)41-29(30,31)32)35-23-17-36(27(38)16-33)18-26(28(23)39)37-24-8-4-2-6-19(24)10-11-20-7-3-5-9-25(20)37/h2-9,12-15,23,26,28,39H,10-11,16-18,33H2,1H3,(H,34,35,40). The molecule has 2 heterocycles. The van der Waals surface area contributed by atoms with E-state index in [1.807, 2.05) is 53.4 Å². The van der Waals surface area contributed by atoms with Crippen molar-refractivity contribution < 1.29 is 32.0 Å². The normalized spacial score (nSPS) is 21.9. The third-order valence-corrected chi connectivity index (χ3v) is 9.65. The number of carbonyl (C=O) groups is 1. The molecule has 0 saturated carbocycles. The molecule has 13 heteroatoms. The smallest absolute Gasteiger partial charge is 0.406 e. The van der Waals surface area contributed by atoms with Crippen molar-refractivity contribution in [2.75, 3.05) is 31.6 Å². The minimum absolute atomic E-state index is 0.00733. The fraction of sp³-hybridized carbons (Fsp3) is 0.345. The van der Waals surface area contributed by atoms with E-state index in [9.17, 15) is 27.3 Å². The predicted octanol–water partition coefficient (Wildman–Crippen LogP) is 3.38. The number of piperidine rings is 1. The van der Waals surface area contributed by atoms with Crippen LogP contribution < -0.4 is 20.1 Å². The average molecular weight is 604 g/mol. The molecule has 0 aliphatic carbocycles. The number of likely N-dealkylation sites (tertiary alicyclic amines) is 1. The summed E-state index contributed by atoms with van der Waals surface area (Å²) in [5.41, 5.74) is 9.70. The SMILES string of the molecule is CN=S(=O)(NC1CN(C(=O)CN)CC(N2c3ccccc3CCc3ccccc32)C1O)c1ccc(OC(F)(F)F)cc1. The van der Waals surface area contributed by atoms with E-state index in [0.717, 1.165) is 47.5 Å². The molecule has 1 amide bonds. The zero-order valence-electron chi connectivity index (χ0n) is 22.8. The number of halogens is 3. The Balaban J connectivity index is 1.53. The first-order valence-corrected chi connectivity index (χ1v) is 14.9. The maximum absolute atomic E-state index is 14.1. The summed E-state index contributed by atoms with van der Waals surface area (Å²) in [7, 11) is -2.13. The van der Waals surface area contributed by atoms with Crippen molar-refractivity contribution in [3.05, 3.63) is 83.9 Å². The van der Waals surface area contributed by atoms with Crippen LogP contribution in [-0.4, -0.2) is 71.4 Å². The zero-order chi connectivity index (χ0) is 30.1. The number of aliphatic hydroxyl groups excluding tert-OH is 1. The number of nitrogens with zero attached hydrogens (tertiary/aromatic N) is 3. The number of hydrogen-bond acceptors (Lipinski definition) is 7. The van der Waals surface area contributed by atoms with Gasteiger partial charge in [-0.15, -0.1) is 13.2 Å². The quantitative estimate of drug-likeness (QED) is 0.398. The van der Waals surface area contributed by atoms with Gasteiger partial charge in [0.2, 0.25) is 5.91 Å². The van der Waals surface area contributed by atoms with Crippen LogP contribution in [0.25, 0.3) is 0 Å². The number of amides is 1. The number of nitrogens with one attached hydrogen (secondary N) is 1. The third-order valence-electron chi connectivity index (χ3n) is 7.60. The lowest BCUT2D eigenvalue weighted by atomic mass is 9.94. The monoisotopic (exact) mass is 603 g/mol. The van der Waals surface area contributed by atoms with E-state index in [4.69, 9.17) is 5.73 Å². The molecule has 4 N–H and O–H groups in total. The molecule has 2 aliphatic heterocycles. The largest absolute Gasteiger partial charge is 0.573 e. The van der Waals surface area contributed by atoms with Gasteiger partial charge in [-0.1, -0.05) is 36.4 Å². The second-order valence-electron chi connectivity index (χ2n) is 10.1. The molecule has 3 aromatic rings. The van der Waals surface area contributed by atoms with Crippen LogP contribution in [0.5, 0.6) is 5.75 Å². The van der Waals surface area contributed by atoms with Gasteiger partial charge in [0, 0.05) is 31.5 Å². The number of ether oxygens (including phenoxy) is 1. The lowest BCUT2D eigenvalue weighted by molar-refractivity contribution is -0.274. The van der Waals surface area contributed by atoms with Crippen LogP contribution in [0.4, 0.5) is 24.5 Å². The highest BCUT2D eigenvalue weighted by Gasteiger charge is 2.43. The van der Waals surface area contributed by atoms with E-state index in [0.29, 0.717) is 0 Å². The number of aliphatic hydroxyl groups is 1. The van der Waals surface area contributed by atoms with Gasteiger partial charge in [0.05, 0.1) is 29.6 Å². The van der Waals surface area contributed by atoms with Crippen LogP contribution in [0.1, 0.15) is 11.1 Å². The number of hydrogen-bond donors (Lipinski definition) is 3. The first kappa shape index (κ1) is 29.8. The molecule has 4 unspecified atom stereocenters. The number of rotatable bonds is 6. The van der Waals surface area contributed by atoms with Gasteiger partial charge in [-0.25, -0.2) is 13.3 Å². The van der Waals surface area contributed by atoms with E-state index in [1.54, 1.807) is 0 Å². The summed E-state index contributed by atoms with van der Waals surface area (Å²) in [6.45, 7) is -0.102. The first-order chi connectivity index (χ1) is 20.0.